The number of hydrogen-bond acceptors (Lipinski definition) is 4. The molecule has 9 heteroatoms. The molecular weight excluding hydrogens is 373 g/mol. The number of aromatic nitrogens is 2. The molecule has 0 aliphatic carbocycles. The summed E-state index contributed by atoms with van der Waals surface area (Å²) in [5.74, 6) is -0.252. The Kier molecular flexibility index (Phi) is 5.51. The first-order valence-electron chi connectivity index (χ1n) is 8.46. The quantitative estimate of drug-likeness (QED) is 0.736. The van der Waals surface area contributed by atoms with Gasteiger partial charge in [-0.05, 0) is 29.8 Å². The third kappa shape index (κ3) is 4.23. The number of amides is 1. The monoisotopic (exact) mass is 390 g/mol. The van der Waals surface area contributed by atoms with Crippen LogP contribution in [0.2, 0.25) is 0 Å². The summed E-state index contributed by atoms with van der Waals surface area (Å²) in [5.41, 5.74) is 0.103. The van der Waals surface area contributed by atoms with Crippen LogP contribution in [0.5, 0.6) is 0 Å². The van der Waals surface area contributed by atoms with Gasteiger partial charge in [0.25, 0.3) is 0 Å². The van der Waals surface area contributed by atoms with E-state index in [1.165, 1.54) is 18.2 Å². The van der Waals surface area contributed by atoms with Crippen LogP contribution in [0.3, 0.4) is 0 Å². The van der Waals surface area contributed by atoms with Crippen molar-refractivity contribution < 1.29 is 22.7 Å². The van der Waals surface area contributed by atoms with Gasteiger partial charge in [-0.25, -0.2) is 0 Å². The van der Waals surface area contributed by atoms with Gasteiger partial charge in [-0.2, -0.15) is 23.5 Å². The predicted octanol–water partition coefficient (Wildman–Crippen LogP) is 2.93. The maximum atomic E-state index is 12.7. The molecule has 2 atom stereocenters. The van der Waals surface area contributed by atoms with Crippen molar-refractivity contribution in [3.05, 3.63) is 66.0 Å². The van der Waals surface area contributed by atoms with Crippen LogP contribution in [-0.2, 0) is 22.3 Å². The molecule has 1 fully saturated rings. The van der Waals surface area contributed by atoms with Crippen LogP contribution in [0.15, 0.2) is 49.2 Å². The highest BCUT2D eigenvalue weighted by atomic mass is 19.4. The molecule has 1 saturated heterocycles. The lowest BCUT2D eigenvalue weighted by Gasteiger charge is -2.19. The average Bonchev–Trinajstić information content (AvgIpc) is 3.32. The van der Waals surface area contributed by atoms with Gasteiger partial charge in [0.15, 0.2) is 5.69 Å². The first-order chi connectivity index (χ1) is 13.3. The van der Waals surface area contributed by atoms with Crippen molar-refractivity contribution in [2.75, 3.05) is 13.1 Å². The second-order valence-electron chi connectivity index (χ2n) is 6.35. The number of nitriles is 1. The van der Waals surface area contributed by atoms with E-state index in [0.717, 1.165) is 12.1 Å². The zero-order valence-electron chi connectivity index (χ0n) is 14.8. The molecule has 0 spiro atoms. The molecule has 0 saturated carbocycles. The average molecular weight is 390 g/mol. The van der Waals surface area contributed by atoms with Gasteiger partial charge in [-0.15, -0.1) is 0 Å². The smallest absolute Gasteiger partial charge is 0.369 e. The number of hydrogen-bond donors (Lipinski definition) is 0. The molecule has 1 aromatic carbocycles. The molecule has 2 aromatic rings. The molecule has 146 valence electrons. The van der Waals surface area contributed by atoms with Gasteiger partial charge < -0.3 is 9.64 Å². The summed E-state index contributed by atoms with van der Waals surface area (Å²) >= 11 is 0. The molecular formula is C19H17F3N4O2. The van der Waals surface area contributed by atoms with Crippen molar-refractivity contribution in [3.63, 3.8) is 0 Å². The summed E-state index contributed by atoms with van der Waals surface area (Å²) in [6.45, 7) is 4.18. The number of carbonyl (C=O) groups is 1. The standard InChI is InChI=1S/C19H17F3N4O2/c1-2-18(27)25-10-16(26-8-7-15(9-23)24-26)17(11-25)28-12-13-3-5-14(6-4-13)19(20,21)22/h2-8,16-17H,1,10-12H2/t16-,17-/m1/s1. The van der Waals surface area contributed by atoms with E-state index in [9.17, 15) is 18.0 Å². The second-order valence-corrected chi connectivity index (χ2v) is 6.35. The number of carbonyl (C=O) groups excluding carboxylic acids is 1. The Morgan fingerprint density at radius 1 is 1.32 bits per heavy atom. The van der Waals surface area contributed by atoms with Gasteiger partial charge >= 0.3 is 6.18 Å². The zero-order valence-corrected chi connectivity index (χ0v) is 14.8. The highest BCUT2D eigenvalue weighted by Gasteiger charge is 2.37. The molecule has 1 aliphatic rings. The molecule has 1 amide bonds. The van der Waals surface area contributed by atoms with E-state index in [1.807, 2.05) is 6.07 Å². The maximum absolute atomic E-state index is 12.7. The van der Waals surface area contributed by atoms with Gasteiger partial charge in [0.1, 0.15) is 6.07 Å². The highest BCUT2D eigenvalue weighted by molar-refractivity contribution is 5.87. The first-order valence-corrected chi connectivity index (χ1v) is 8.46. The minimum atomic E-state index is -4.39. The first kappa shape index (κ1) is 19.6. The fourth-order valence-electron chi connectivity index (χ4n) is 3.06. The summed E-state index contributed by atoms with van der Waals surface area (Å²) in [6.07, 6.45) is -1.98. The summed E-state index contributed by atoms with van der Waals surface area (Å²) in [4.78, 5) is 13.5. The Morgan fingerprint density at radius 3 is 2.61 bits per heavy atom. The highest BCUT2D eigenvalue weighted by Crippen LogP contribution is 2.30. The van der Waals surface area contributed by atoms with Crippen molar-refractivity contribution >= 4 is 5.91 Å². The molecule has 0 N–H and O–H groups in total. The molecule has 0 bridgehead atoms. The minimum absolute atomic E-state index is 0.0851. The van der Waals surface area contributed by atoms with Crippen molar-refractivity contribution in [2.24, 2.45) is 0 Å². The molecule has 1 aromatic heterocycles. The number of benzene rings is 1. The molecule has 28 heavy (non-hydrogen) atoms. The lowest BCUT2D eigenvalue weighted by atomic mass is 10.1. The van der Waals surface area contributed by atoms with Crippen LogP contribution in [0.4, 0.5) is 13.2 Å². The lowest BCUT2D eigenvalue weighted by Crippen LogP contribution is -2.28. The second kappa shape index (κ2) is 7.86. The van der Waals surface area contributed by atoms with Gasteiger partial charge in [-0.1, -0.05) is 18.7 Å². The number of alkyl halides is 3. The molecule has 0 unspecified atom stereocenters. The van der Waals surface area contributed by atoms with E-state index in [2.05, 4.69) is 11.7 Å². The summed E-state index contributed by atoms with van der Waals surface area (Å²) in [5, 5.41) is 13.1. The Balaban J connectivity index is 1.72. The molecule has 1 aliphatic heterocycles. The fourth-order valence-corrected chi connectivity index (χ4v) is 3.06. The predicted molar refractivity (Wildman–Crippen MR) is 92.8 cm³/mol. The third-order valence-corrected chi connectivity index (χ3v) is 4.53. The number of ether oxygens (including phenoxy) is 1. The van der Waals surface area contributed by atoms with Crippen LogP contribution in [-0.4, -0.2) is 39.8 Å². The van der Waals surface area contributed by atoms with E-state index in [1.54, 1.807) is 21.8 Å². The van der Waals surface area contributed by atoms with Gasteiger partial charge in [0, 0.05) is 19.3 Å². The summed E-state index contributed by atoms with van der Waals surface area (Å²) in [6, 6.07) is 7.92. The van der Waals surface area contributed by atoms with E-state index in [-0.39, 0.29) is 30.8 Å². The van der Waals surface area contributed by atoms with Crippen molar-refractivity contribution in [2.45, 2.75) is 24.9 Å². The fraction of sp³-hybridized carbons (Fsp3) is 0.316. The summed E-state index contributed by atoms with van der Waals surface area (Å²) in [7, 11) is 0. The molecule has 3 rings (SSSR count). The van der Waals surface area contributed by atoms with Crippen LogP contribution < -0.4 is 0 Å². The van der Waals surface area contributed by atoms with E-state index in [0.29, 0.717) is 12.1 Å². The number of halogens is 3. The Hall–Kier alpha value is -3.12. The largest absolute Gasteiger partial charge is 0.416 e. The van der Waals surface area contributed by atoms with E-state index in [4.69, 9.17) is 10.00 Å². The summed E-state index contributed by atoms with van der Waals surface area (Å²) < 4.78 is 45.5. The van der Waals surface area contributed by atoms with Crippen LogP contribution in [0.25, 0.3) is 0 Å². The maximum Gasteiger partial charge on any atom is 0.416 e. The van der Waals surface area contributed by atoms with Gasteiger partial charge in [-0.3, -0.25) is 9.48 Å². The molecule has 0 radical (unpaired) electrons. The topological polar surface area (TPSA) is 71.2 Å². The SMILES string of the molecule is C=CC(=O)N1C[C@@H](n2ccc(C#N)n2)[C@H](OCc2ccc(C(F)(F)F)cc2)C1. The normalized spacial score (nSPS) is 19.4. The number of likely N-dealkylation sites (tertiary alicyclic amines) is 1. The van der Waals surface area contributed by atoms with Crippen LogP contribution in [0.1, 0.15) is 22.9 Å². The van der Waals surface area contributed by atoms with Crippen molar-refractivity contribution in [1.29, 1.82) is 5.26 Å². The van der Waals surface area contributed by atoms with E-state index < -0.39 is 17.8 Å². The van der Waals surface area contributed by atoms with Gasteiger partial charge in [0.05, 0.1) is 24.3 Å². The third-order valence-electron chi connectivity index (χ3n) is 4.53. The number of nitrogens with zero attached hydrogens (tertiary/aromatic N) is 4. The minimum Gasteiger partial charge on any atom is -0.369 e. The molecule has 2 heterocycles. The lowest BCUT2D eigenvalue weighted by molar-refractivity contribution is -0.137. The van der Waals surface area contributed by atoms with Gasteiger partial charge in [0.2, 0.25) is 5.91 Å². The molecule has 6 nitrogen and oxygen atoms in total. The van der Waals surface area contributed by atoms with Crippen molar-refractivity contribution in [3.8, 4) is 6.07 Å². The number of rotatable bonds is 5. The Labute approximate surface area is 159 Å². The Bertz CT molecular complexity index is 899. The van der Waals surface area contributed by atoms with Crippen LogP contribution >= 0.6 is 0 Å². The van der Waals surface area contributed by atoms with Crippen LogP contribution in [0, 0.1) is 11.3 Å². The van der Waals surface area contributed by atoms with Crippen molar-refractivity contribution in [1.82, 2.24) is 14.7 Å². The zero-order chi connectivity index (χ0) is 20.3. The van der Waals surface area contributed by atoms with E-state index >= 15 is 0 Å². The Morgan fingerprint density at radius 2 is 2.04 bits per heavy atom.